The van der Waals surface area contributed by atoms with Crippen molar-refractivity contribution < 1.29 is 9.53 Å². The van der Waals surface area contributed by atoms with Crippen LogP contribution in [0.1, 0.15) is 32.0 Å². The Labute approximate surface area is 210 Å². The zero-order valence-electron chi connectivity index (χ0n) is 20.0. The molecule has 0 aliphatic carbocycles. The first-order chi connectivity index (χ1) is 16.7. The Hall–Kier alpha value is -4.04. The van der Waals surface area contributed by atoms with Crippen LogP contribution in [0.2, 0.25) is 0 Å². The number of nitrogens with zero attached hydrogens (tertiary/aromatic N) is 3. The minimum Gasteiger partial charge on any atom is -0.439 e. The summed E-state index contributed by atoms with van der Waals surface area (Å²) in [5, 5.41) is 10.5. The van der Waals surface area contributed by atoms with Crippen LogP contribution < -0.4 is 21.1 Å². The average molecular weight is 493 g/mol. The van der Waals surface area contributed by atoms with E-state index in [2.05, 4.69) is 43.0 Å². The SMILES string of the molecule is C=C(Cl)N=C(/C=C\N)Oc1ccccc1CNC(=O)Nc1cc(C(C)(C)C)nn1-c1ccccc1. The number of carbonyl (C=O) groups is 1. The van der Waals surface area contributed by atoms with Crippen molar-refractivity contribution in [1.82, 2.24) is 15.1 Å². The lowest BCUT2D eigenvalue weighted by atomic mass is 9.92. The summed E-state index contributed by atoms with van der Waals surface area (Å²) < 4.78 is 7.54. The fourth-order valence-corrected chi connectivity index (χ4v) is 3.18. The monoisotopic (exact) mass is 492 g/mol. The molecule has 0 aliphatic heterocycles. The van der Waals surface area contributed by atoms with Gasteiger partial charge in [0.25, 0.3) is 0 Å². The van der Waals surface area contributed by atoms with Gasteiger partial charge in [-0.1, -0.05) is 75.3 Å². The zero-order valence-corrected chi connectivity index (χ0v) is 20.7. The van der Waals surface area contributed by atoms with Crippen molar-refractivity contribution in [3.63, 3.8) is 0 Å². The number of para-hydroxylation sites is 2. The fraction of sp³-hybridized carbons (Fsp3) is 0.192. The van der Waals surface area contributed by atoms with Gasteiger partial charge in [-0.15, -0.1) is 0 Å². The molecule has 8 nitrogen and oxygen atoms in total. The Balaban J connectivity index is 1.76. The van der Waals surface area contributed by atoms with Crippen molar-refractivity contribution in [3.8, 4) is 11.4 Å². The van der Waals surface area contributed by atoms with Crippen LogP contribution in [-0.2, 0) is 12.0 Å². The van der Waals surface area contributed by atoms with Crippen molar-refractivity contribution in [2.45, 2.75) is 32.7 Å². The molecule has 1 heterocycles. The lowest BCUT2D eigenvalue weighted by molar-refractivity contribution is 0.251. The molecule has 0 saturated heterocycles. The number of urea groups is 1. The maximum absolute atomic E-state index is 12.8. The molecule has 0 spiro atoms. The fourth-order valence-electron chi connectivity index (χ4n) is 3.10. The van der Waals surface area contributed by atoms with Crippen molar-refractivity contribution in [2.24, 2.45) is 10.7 Å². The molecule has 4 N–H and O–H groups in total. The molecule has 0 unspecified atom stereocenters. The summed E-state index contributed by atoms with van der Waals surface area (Å²) in [6.07, 6.45) is 2.75. The van der Waals surface area contributed by atoms with Gasteiger partial charge in [0.15, 0.2) is 0 Å². The Bertz CT molecular complexity index is 1240. The second-order valence-corrected chi connectivity index (χ2v) is 9.05. The molecule has 35 heavy (non-hydrogen) atoms. The van der Waals surface area contributed by atoms with Crippen LogP contribution in [0.4, 0.5) is 10.6 Å². The summed E-state index contributed by atoms with van der Waals surface area (Å²) in [4.78, 5) is 16.8. The minimum atomic E-state index is -0.387. The van der Waals surface area contributed by atoms with Gasteiger partial charge in [-0.05, 0) is 24.4 Å². The van der Waals surface area contributed by atoms with Crippen LogP contribution in [0, 0.1) is 0 Å². The topological polar surface area (TPSA) is 107 Å². The average Bonchev–Trinajstić information content (AvgIpc) is 3.23. The Morgan fingerprint density at radius 3 is 2.54 bits per heavy atom. The number of rotatable bonds is 7. The Morgan fingerprint density at radius 2 is 1.89 bits per heavy atom. The molecule has 0 saturated carbocycles. The third-order valence-corrected chi connectivity index (χ3v) is 4.90. The number of hydrogen-bond acceptors (Lipinski definition) is 5. The van der Waals surface area contributed by atoms with Crippen LogP contribution in [0.5, 0.6) is 5.75 Å². The highest BCUT2D eigenvalue weighted by atomic mass is 35.5. The van der Waals surface area contributed by atoms with E-state index in [9.17, 15) is 4.79 Å². The number of halogens is 1. The lowest BCUT2D eigenvalue weighted by Gasteiger charge is -2.14. The van der Waals surface area contributed by atoms with E-state index in [1.54, 1.807) is 10.7 Å². The molecular formula is C26H29ClN6O2. The van der Waals surface area contributed by atoms with Crippen molar-refractivity contribution in [2.75, 3.05) is 5.32 Å². The number of benzene rings is 2. The predicted octanol–water partition coefficient (Wildman–Crippen LogP) is 5.45. The smallest absolute Gasteiger partial charge is 0.320 e. The highest BCUT2D eigenvalue weighted by molar-refractivity contribution is 6.29. The molecular weight excluding hydrogens is 464 g/mol. The number of ether oxygens (including phenoxy) is 1. The van der Waals surface area contributed by atoms with E-state index in [1.165, 1.54) is 12.3 Å². The van der Waals surface area contributed by atoms with Crippen LogP contribution in [0.15, 0.2) is 89.7 Å². The second kappa shape index (κ2) is 11.4. The quantitative estimate of drug-likeness (QED) is 0.231. The maximum Gasteiger partial charge on any atom is 0.320 e. The summed E-state index contributed by atoms with van der Waals surface area (Å²) >= 11 is 5.77. The van der Waals surface area contributed by atoms with Gasteiger partial charge < -0.3 is 15.8 Å². The van der Waals surface area contributed by atoms with Gasteiger partial charge in [-0.2, -0.15) is 5.10 Å². The van der Waals surface area contributed by atoms with Crippen LogP contribution in [-0.4, -0.2) is 21.7 Å². The molecule has 2 aromatic carbocycles. The number of aromatic nitrogens is 2. The van der Waals surface area contributed by atoms with E-state index in [-0.39, 0.29) is 29.0 Å². The third-order valence-electron chi connectivity index (χ3n) is 4.82. The third kappa shape index (κ3) is 7.22. The van der Waals surface area contributed by atoms with E-state index < -0.39 is 0 Å². The number of carbonyl (C=O) groups excluding carboxylic acids is 1. The highest BCUT2D eigenvalue weighted by Crippen LogP contribution is 2.26. The first-order valence-corrected chi connectivity index (χ1v) is 11.3. The molecule has 182 valence electrons. The number of anilines is 1. The number of aliphatic imine (C=N–C) groups is 1. The number of hydrogen-bond donors (Lipinski definition) is 3. The maximum atomic E-state index is 12.8. The summed E-state index contributed by atoms with van der Waals surface area (Å²) in [5.41, 5.74) is 7.71. The van der Waals surface area contributed by atoms with Gasteiger partial charge in [0.2, 0.25) is 5.90 Å². The number of amides is 2. The molecule has 3 aromatic rings. The summed E-state index contributed by atoms with van der Waals surface area (Å²) in [6.45, 7) is 9.96. The second-order valence-electron chi connectivity index (χ2n) is 8.62. The van der Waals surface area contributed by atoms with E-state index in [4.69, 9.17) is 27.2 Å². The van der Waals surface area contributed by atoms with Gasteiger partial charge >= 0.3 is 6.03 Å². The Morgan fingerprint density at radius 1 is 1.20 bits per heavy atom. The number of nitrogens with two attached hydrogens (primary N) is 1. The lowest BCUT2D eigenvalue weighted by Crippen LogP contribution is -2.29. The van der Waals surface area contributed by atoms with Crippen LogP contribution >= 0.6 is 11.6 Å². The van der Waals surface area contributed by atoms with Gasteiger partial charge in [0, 0.05) is 29.7 Å². The van der Waals surface area contributed by atoms with E-state index in [1.807, 2.05) is 54.6 Å². The molecule has 0 fully saturated rings. The highest BCUT2D eigenvalue weighted by Gasteiger charge is 2.21. The minimum absolute atomic E-state index is 0.0535. The molecule has 0 bridgehead atoms. The molecule has 0 radical (unpaired) electrons. The largest absolute Gasteiger partial charge is 0.439 e. The summed E-state index contributed by atoms with van der Waals surface area (Å²) in [6, 6.07) is 18.4. The Kier molecular flexibility index (Phi) is 8.33. The molecule has 9 heteroatoms. The zero-order chi connectivity index (χ0) is 25.4. The van der Waals surface area contributed by atoms with E-state index in [0.717, 1.165) is 16.9 Å². The van der Waals surface area contributed by atoms with Gasteiger partial charge in [0.05, 0.1) is 11.4 Å². The summed E-state index contributed by atoms with van der Waals surface area (Å²) in [5.74, 6) is 1.23. The van der Waals surface area contributed by atoms with Crippen molar-refractivity contribution in [1.29, 1.82) is 0 Å². The van der Waals surface area contributed by atoms with Gasteiger partial charge in [-0.3, -0.25) is 5.32 Å². The standard InChI is InChI=1S/C26H29ClN6O2/c1-18(27)30-24(14-15-28)35-21-13-9-8-10-19(21)17-29-25(34)31-23-16-22(26(2,3)4)32-33(23)20-11-6-5-7-12-20/h5-16H,1,17,28H2,2-4H3,(H2,29,31,34)/b15-14-,30-24?. The van der Waals surface area contributed by atoms with Gasteiger partial charge in [-0.25, -0.2) is 14.5 Å². The van der Waals surface area contributed by atoms with Crippen LogP contribution in [0.3, 0.4) is 0 Å². The first-order valence-electron chi connectivity index (χ1n) is 11.0. The molecule has 0 atom stereocenters. The number of nitrogens with one attached hydrogen (secondary N) is 2. The van der Waals surface area contributed by atoms with Crippen LogP contribution in [0.25, 0.3) is 5.69 Å². The van der Waals surface area contributed by atoms with Crippen molar-refractivity contribution in [3.05, 3.63) is 95.9 Å². The predicted molar refractivity (Wildman–Crippen MR) is 141 cm³/mol. The normalized spacial score (nSPS) is 11.9. The van der Waals surface area contributed by atoms with Gasteiger partial charge in [0.1, 0.15) is 16.7 Å². The van der Waals surface area contributed by atoms with E-state index >= 15 is 0 Å². The molecule has 3 rings (SSSR count). The van der Waals surface area contributed by atoms with Crippen molar-refractivity contribution >= 4 is 29.3 Å². The molecule has 0 aliphatic rings. The first kappa shape index (κ1) is 25.6. The molecule has 1 aromatic heterocycles. The van der Waals surface area contributed by atoms with E-state index in [0.29, 0.717) is 11.6 Å². The molecule has 2 amide bonds. The summed E-state index contributed by atoms with van der Waals surface area (Å²) in [7, 11) is 0.